The van der Waals surface area contributed by atoms with Gasteiger partial charge in [-0.1, -0.05) is 6.92 Å². The molecule has 0 aromatic carbocycles. The summed E-state index contributed by atoms with van der Waals surface area (Å²) in [5.41, 5.74) is 5.95. The molecule has 0 bridgehead atoms. The van der Waals surface area contributed by atoms with E-state index in [1.807, 2.05) is 0 Å². The maximum Gasteiger partial charge on any atom is 0.0103 e. The molecule has 1 aliphatic carbocycles. The number of nitrogens with two attached hydrogens (primary N) is 1. The highest BCUT2D eigenvalue weighted by Crippen LogP contribution is 2.34. The van der Waals surface area contributed by atoms with Crippen LogP contribution in [0.25, 0.3) is 0 Å². The number of piperidine rings is 1. The lowest BCUT2D eigenvalue weighted by Gasteiger charge is -2.47. The summed E-state index contributed by atoms with van der Waals surface area (Å²) in [6.07, 6.45) is 5.24. The van der Waals surface area contributed by atoms with Crippen LogP contribution in [0.1, 0.15) is 39.5 Å². The topological polar surface area (TPSA) is 29.3 Å². The van der Waals surface area contributed by atoms with Crippen LogP contribution in [0.5, 0.6) is 0 Å². The molecule has 2 rings (SSSR count). The highest BCUT2D eigenvalue weighted by molar-refractivity contribution is 4.91. The minimum absolute atomic E-state index is 0.462. The molecule has 0 aromatic rings. The standard InChI is InChI=1S/C11H22N2/c1-8-5-11(6-8)13-4-3-10(12)7-9(13)2/h8-11H,3-7,12H2,1-2H3. The summed E-state index contributed by atoms with van der Waals surface area (Å²) in [5.74, 6) is 0.966. The molecule has 2 atom stereocenters. The van der Waals surface area contributed by atoms with Crippen molar-refractivity contribution in [2.75, 3.05) is 6.54 Å². The molecule has 0 spiro atoms. The monoisotopic (exact) mass is 182 g/mol. The van der Waals surface area contributed by atoms with E-state index in [1.54, 1.807) is 0 Å². The second-order valence-corrected chi connectivity index (χ2v) is 5.10. The quantitative estimate of drug-likeness (QED) is 0.667. The van der Waals surface area contributed by atoms with Gasteiger partial charge in [0.05, 0.1) is 0 Å². The van der Waals surface area contributed by atoms with Crippen molar-refractivity contribution in [1.82, 2.24) is 4.90 Å². The van der Waals surface area contributed by atoms with Gasteiger partial charge in [-0.05, 0) is 38.5 Å². The van der Waals surface area contributed by atoms with Gasteiger partial charge in [0.2, 0.25) is 0 Å². The first kappa shape index (κ1) is 9.47. The summed E-state index contributed by atoms with van der Waals surface area (Å²) >= 11 is 0. The summed E-state index contributed by atoms with van der Waals surface area (Å²) in [7, 11) is 0. The van der Waals surface area contributed by atoms with Crippen LogP contribution < -0.4 is 5.73 Å². The van der Waals surface area contributed by atoms with Crippen molar-refractivity contribution in [2.45, 2.75) is 57.7 Å². The molecule has 0 amide bonds. The summed E-state index contributed by atoms with van der Waals surface area (Å²) < 4.78 is 0. The van der Waals surface area contributed by atoms with E-state index < -0.39 is 0 Å². The Kier molecular flexibility index (Phi) is 2.61. The van der Waals surface area contributed by atoms with E-state index >= 15 is 0 Å². The zero-order chi connectivity index (χ0) is 9.42. The van der Waals surface area contributed by atoms with Crippen molar-refractivity contribution in [2.24, 2.45) is 11.7 Å². The molecule has 76 valence electrons. The molecule has 1 saturated carbocycles. The number of rotatable bonds is 1. The van der Waals surface area contributed by atoms with Gasteiger partial charge in [-0.15, -0.1) is 0 Å². The third-order valence-electron chi connectivity index (χ3n) is 3.79. The minimum atomic E-state index is 0.462. The van der Waals surface area contributed by atoms with Gasteiger partial charge < -0.3 is 5.73 Å². The van der Waals surface area contributed by atoms with E-state index in [4.69, 9.17) is 5.73 Å². The second-order valence-electron chi connectivity index (χ2n) is 5.10. The Morgan fingerprint density at radius 1 is 1.15 bits per heavy atom. The van der Waals surface area contributed by atoms with Gasteiger partial charge in [-0.25, -0.2) is 0 Å². The molecule has 1 aliphatic heterocycles. The highest BCUT2D eigenvalue weighted by atomic mass is 15.2. The largest absolute Gasteiger partial charge is 0.328 e. The Hall–Kier alpha value is -0.0800. The van der Waals surface area contributed by atoms with Gasteiger partial charge in [0.25, 0.3) is 0 Å². The van der Waals surface area contributed by atoms with Crippen molar-refractivity contribution in [3.63, 3.8) is 0 Å². The van der Waals surface area contributed by atoms with E-state index in [2.05, 4.69) is 18.7 Å². The lowest BCUT2D eigenvalue weighted by atomic mass is 9.79. The average molecular weight is 182 g/mol. The van der Waals surface area contributed by atoms with Gasteiger partial charge in [-0.3, -0.25) is 4.90 Å². The molecule has 2 N–H and O–H groups in total. The molecular weight excluding hydrogens is 160 g/mol. The van der Waals surface area contributed by atoms with Crippen LogP contribution >= 0.6 is 0 Å². The van der Waals surface area contributed by atoms with Gasteiger partial charge in [0, 0.05) is 24.7 Å². The van der Waals surface area contributed by atoms with Crippen LogP contribution in [-0.2, 0) is 0 Å². The zero-order valence-electron chi connectivity index (χ0n) is 8.87. The van der Waals surface area contributed by atoms with Crippen molar-refractivity contribution >= 4 is 0 Å². The van der Waals surface area contributed by atoms with Gasteiger partial charge in [0.15, 0.2) is 0 Å². The molecule has 13 heavy (non-hydrogen) atoms. The molecular formula is C11H22N2. The number of hydrogen-bond donors (Lipinski definition) is 1. The lowest BCUT2D eigenvalue weighted by molar-refractivity contribution is 0.0277. The third-order valence-corrected chi connectivity index (χ3v) is 3.79. The lowest BCUT2D eigenvalue weighted by Crippen LogP contribution is -2.53. The minimum Gasteiger partial charge on any atom is -0.328 e. The Morgan fingerprint density at radius 2 is 1.85 bits per heavy atom. The molecule has 1 saturated heterocycles. The third kappa shape index (κ3) is 1.89. The fourth-order valence-corrected chi connectivity index (χ4v) is 2.90. The van der Waals surface area contributed by atoms with E-state index in [1.165, 1.54) is 32.2 Å². The fraction of sp³-hybridized carbons (Fsp3) is 1.00. The van der Waals surface area contributed by atoms with Crippen molar-refractivity contribution in [3.8, 4) is 0 Å². The maximum atomic E-state index is 5.95. The summed E-state index contributed by atoms with van der Waals surface area (Å²) in [6.45, 7) is 5.93. The van der Waals surface area contributed by atoms with E-state index in [0.717, 1.165) is 18.0 Å². The smallest absolute Gasteiger partial charge is 0.0103 e. The Morgan fingerprint density at radius 3 is 2.38 bits per heavy atom. The molecule has 2 unspecified atom stereocenters. The first-order valence-electron chi connectivity index (χ1n) is 5.68. The predicted molar refractivity (Wildman–Crippen MR) is 55.6 cm³/mol. The van der Waals surface area contributed by atoms with Crippen molar-refractivity contribution in [1.29, 1.82) is 0 Å². The maximum absolute atomic E-state index is 5.95. The number of likely N-dealkylation sites (tertiary alicyclic amines) is 1. The average Bonchev–Trinajstić information content (AvgIpc) is 2.00. The molecule has 2 fully saturated rings. The van der Waals surface area contributed by atoms with Crippen LogP contribution in [0.4, 0.5) is 0 Å². The molecule has 0 aromatic heterocycles. The second kappa shape index (κ2) is 3.58. The predicted octanol–water partition coefficient (Wildman–Crippen LogP) is 1.60. The van der Waals surface area contributed by atoms with Gasteiger partial charge >= 0.3 is 0 Å². The first-order chi connectivity index (χ1) is 6.16. The van der Waals surface area contributed by atoms with Crippen LogP contribution in [0.3, 0.4) is 0 Å². The molecule has 2 heteroatoms. The van der Waals surface area contributed by atoms with Gasteiger partial charge in [-0.2, -0.15) is 0 Å². The Labute approximate surface area is 81.5 Å². The fourth-order valence-electron chi connectivity index (χ4n) is 2.90. The van der Waals surface area contributed by atoms with Crippen LogP contribution in [0, 0.1) is 5.92 Å². The summed E-state index contributed by atoms with van der Waals surface area (Å²) in [4.78, 5) is 2.68. The molecule has 0 radical (unpaired) electrons. The molecule has 2 nitrogen and oxygen atoms in total. The zero-order valence-corrected chi connectivity index (χ0v) is 8.87. The Balaban J connectivity index is 1.86. The summed E-state index contributed by atoms with van der Waals surface area (Å²) in [5, 5.41) is 0. The van der Waals surface area contributed by atoms with Crippen LogP contribution in [0.2, 0.25) is 0 Å². The van der Waals surface area contributed by atoms with Crippen molar-refractivity contribution in [3.05, 3.63) is 0 Å². The van der Waals surface area contributed by atoms with E-state index in [9.17, 15) is 0 Å². The summed E-state index contributed by atoms with van der Waals surface area (Å²) in [6, 6.07) is 2.07. The molecule has 2 aliphatic rings. The van der Waals surface area contributed by atoms with Crippen molar-refractivity contribution < 1.29 is 0 Å². The number of hydrogen-bond acceptors (Lipinski definition) is 2. The normalized spacial score (nSPS) is 47.3. The van der Waals surface area contributed by atoms with Crippen LogP contribution in [-0.4, -0.2) is 29.6 Å². The first-order valence-corrected chi connectivity index (χ1v) is 5.68. The number of nitrogens with zero attached hydrogens (tertiary/aromatic N) is 1. The SMILES string of the molecule is CC1CC(N2CCC(N)CC2C)C1. The van der Waals surface area contributed by atoms with Crippen LogP contribution in [0.15, 0.2) is 0 Å². The van der Waals surface area contributed by atoms with E-state index in [-0.39, 0.29) is 0 Å². The van der Waals surface area contributed by atoms with E-state index in [0.29, 0.717) is 6.04 Å². The highest BCUT2D eigenvalue weighted by Gasteiger charge is 2.35. The van der Waals surface area contributed by atoms with Gasteiger partial charge in [0.1, 0.15) is 0 Å². The Bertz CT molecular complexity index is 173. The molecule has 1 heterocycles.